The molecule has 2 aromatic carbocycles. The third-order valence-corrected chi connectivity index (χ3v) is 5.03. The van der Waals surface area contributed by atoms with Crippen LogP contribution < -0.4 is 15.7 Å². The molecule has 0 aliphatic rings. The Kier molecular flexibility index (Phi) is 5.30. The third-order valence-electron chi connectivity index (χ3n) is 4.09. The number of carbonyl (C=O) groups excluding carboxylic acids is 1. The Labute approximate surface area is 170 Å². The number of methoxy groups -OCH3 is 1. The minimum absolute atomic E-state index is 0.222. The first-order valence-corrected chi connectivity index (χ1v) is 9.56. The highest BCUT2D eigenvalue weighted by Gasteiger charge is 2.13. The van der Waals surface area contributed by atoms with E-state index in [0.29, 0.717) is 22.1 Å². The van der Waals surface area contributed by atoms with Crippen molar-refractivity contribution in [2.24, 2.45) is 0 Å². The maximum absolute atomic E-state index is 12.5. The summed E-state index contributed by atoms with van der Waals surface area (Å²) in [6.45, 7) is -0.222. The van der Waals surface area contributed by atoms with Gasteiger partial charge in [0.15, 0.2) is 5.65 Å². The van der Waals surface area contributed by atoms with Gasteiger partial charge in [-0.15, -0.1) is 5.10 Å². The SMILES string of the molecule is COc1ccccc1NC(=O)Cn1nc2cc(Sc3ccccc3)ncn2c1=O. The van der Waals surface area contributed by atoms with Crippen molar-refractivity contribution in [3.05, 3.63) is 77.5 Å². The molecule has 4 rings (SSSR count). The van der Waals surface area contributed by atoms with Crippen LogP contribution in [0, 0.1) is 0 Å². The van der Waals surface area contributed by atoms with Gasteiger partial charge in [0.05, 0.1) is 12.8 Å². The molecule has 29 heavy (non-hydrogen) atoms. The van der Waals surface area contributed by atoms with Gasteiger partial charge in [-0.05, 0) is 24.3 Å². The Bertz CT molecular complexity index is 1220. The van der Waals surface area contributed by atoms with Gasteiger partial charge in [-0.25, -0.2) is 18.9 Å². The van der Waals surface area contributed by atoms with Gasteiger partial charge in [0, 0.05) is 11.0 Å². The second-order valence-electron chi connectivity index (χ2n) is 6.06. The number of aromatic nitrogens is 4. The van der Waals surface area contributed by atoms with E-state index in [0.717, 1.165) is 9.58 Å². The molecule has 0 spiro atoms. The fourth-order valence-electron chi connectivity index (χ4n) is 2.75. The fourth-order valence-corrected chi connectivity index (χ4v) is 3.55. The number of hydrogen-bond acceptors (Lipinski definition) is 6. The quantitative estimate of drug-likeness (QED) is 0.494. The van der Waals surface area contributed by atoms with Crippen molar-refractivity contribution >= 4 is 29.0 Å². The van der Waals surface area contributed by atoms with Gasteiger partial charge in [0.25, 0.3) is 0 Å². The largest absolute Gasteiger partial charge is 0.495 e. The van der Waals surface area contributed by atoms with E-state index in [1.807, 2.05) is 30.3 Å². The molecule has 8 nitrogen and oxygen atoms in total. The number of para-hydroxylation sites is 2. The summed E-state index contributed by atoms with van der Waals surface area (Å²) in [6, 6.07) is 18.6. The lowest BCUT2D eigenvalue weighted by atomic mass is 10.3. The van der Waals surface area contributed by atoms with E-state index >= 15 is 0 Å². The molecular weight excluding hydrogens is 390 g/mol. The number of carbonyl (C=O) groups is 1. The molecule has 0 bridgehead atoms. The van der Waals surface area contributed by atoms with Crippen molar-refractivity contribution in [3.63, 3.8) is 0 Å². The van der Waals surface area contributed by atoms with Crippen LogP contribution in [-0.4, -0.2) is 32.2 Å². The number of anilines is 1. The van der Waals surface area contributed by atoms with Crippen LogP contribution in [0.3, 0.4) is 0 Å². The Morgan fingerprint density at radius 3 is 2.69 bits per heavy atom. The van der Waals surface area contributed by atoms with Crippen molar-refractivity contribution in [1.82, 2.24) is 19.2 Å². The monoisotopic (exact) mass is 407 g/mol. The second kappa shape index (κ2) is 8.19. The van der Waals surface area contributed by atoms with E-state index < -0.39 is 5.69 Å². The molecule has 2 heterocycles. The van der Waals surface area contributed by atoms with E-state index in [2.05, 4.69) is 15.4 Å². The summed E-state index contributed by atoms with van der Waals surface area (Å²) < 4.78 is 7.64. The summed E-state index contributed by atoms with van der Waals surface area (Å²) in [5, 5.41) is 7.70. The molecule has 1 N–H and O–H groups in total. The molecule has 0 unspecified atom stereocenters. The third kappa shape index (κ3) is 4.14. The zero-order chi connectivity index (χ0) is 20.2. The first kappa shape index (κ1) is 18.8. The summed E-state index contributed by atoms with van der Waals surface area (Å²) >= 11 is 1.47. The standard InChI is InChI=1S/C20H17N5O3S/c1-28-16-10-6-5-9-15(16)22-18(26)12-25-20(27)24-13-21-19(11-17(24)23-25)29-14-7-3-2-4-8-14/h2-11,13H,12H2,1H3,(H,22,26). The van der Waals surface area contributed by atoms with Crippen molar-refractivity contribution in [2.75, 3.05) is 12.4 Å². The zero-order valence-electron chi connectivity index (χ0n) is 15.5. The summed E-state index contributed by atoms with van der Waals surface area (Å²) in [5.41, 5.74) is 0.521. The van der Waals surface area contributed by atoms with Crippen molar-refractivity contribution in [3.8, 4) is 5.75 Å². The number of benzene rings is 2. The van der Waals surface area contributed by atoms with Gasteiger partial charge in [-0.3, -0.25) is 4.79 Å². The van der Waals surface area contributed by atoms with Crippen molar-refractivity contribution in [2.45, 2.75) is 16.5 Å². The predicted octanol–water partition coefficient (Wildman–Crippen LogP) is 2.69. The summed E-state index contributed by atoms with van der Waals surface area (Å²) in [5.74, 6) is 0.154. The van der Waals surface area contributed by atoms with Crippen LogP contribution in [0.1, 0.15) is 0 Å². The van der Waals surface area contributed by atoms with E-state index in [9.17, 15) is 9.59 Å². The van der Waals surface area contributed by atoms with Gasteiger partial charge in [0.1, 0.15) is 23.6 Å². The average Bonchev–Trinajstić information content (AvgIpc) is 3.03. The van der Waals surface area contributed by atoms with Crippen LogP contribution in [0.2, 0.25) is 0 Å². The number of nitrogens with one attached hydrogen (secondary N) is 1. The number of ether oxygens (including phenoxy) is 1. The Hall–Kier alpha value is -3.59. The van der Waals surface area contributed by atoms with Crippen LogP contribution >= 0.6 is 11.8 Å². The van der Waals surface area contributed by atoms with E-state index in [-0.39, 0.29) is 12.5 Å². The molecule has 0 aliphatic heterocycles. The fraction of sp³-hybridized carbons (Fsp3) is 0.100. The Morgan fingerprint density at radius 2 is 1.90 bits per heavy atom. The topological polar surface area (TPSA) is 90.5 Å². The number of hydrogen-bond donors (Lipinski definition) is 1. The summed E-state index contributed by atoms with van der Waals surface area (Å²) in [6.07, 6.45) is 1.42. The molecule has 2 aromatic heterocycles. The normalized spacial score (nSPS) is 10.8. The Balaban J connectivity index is 1.54. The van der Waals surface area contributed by atoms with Crippen LogP contribution in [0.5, 0.6) is 5.75 Å². The van der Waals surface area contributed by atoms with E-state index in [4.69, 9.17) is 4.74 Å². The maximum atomic E-state index is 12.5. The second-order valence-corrected chi connectivity index (χ2v) is 7.15. The molecule has 0 fully saturated rings. The van der Waals surface area contributed by atoms with Crippen LogP contribution in [-0.2, 0) is 11.3 Å². The predicted molar refractivity (Wildman–Crippen MR) is 109 cm³/mol. The zero-order valence-corrected chi connectivity index (χ0v) is 16.3. The van der Waals surface area contributed by atoms with E-state index in [1.54, 1.807) is 30.3 Å². The van der Waals surface area contributed by atoms with Gasteiger partial charge in [-0.1, -0.05) is 42.1 Å². The Morgan fingerprint density at radius 1 is 1.14 bits per heavy atom. The molecule has 0 saturated carbocycles. The minimum atomic E-state index is -0.432. The average molecular weight is 407 g/mol. The number of fused-ring (bicyclic) bond motifs is 1. The van der Waals surface area contributed by atoms with Crippen LogP contribution in [0.25, 0.3) is 5.65 Å². The van der Waals surface area contributed by atoms with Crippen molar-refractivity contribution in [1.29, 1.82) is 0 Å². The molecule has 0 aliphatic carbocycles. The molecule has 9 heteroatoms. The molecule has 146 valence electrons. The van der Waals surface area contributed by atoms with Gasteiger partial charge >= 0.3 is 5.69 Å². The number of nitrogens with zero attached hydrogens (tertiary/aromatic N) is 4. The first-order chi connectivity index (χ1) is 14.1. The number of rotatable bonds is 6. The number of amides is 1. The highest BCUT2D eigenvalue weighted by Crippen LogP contribution is 2.25. The summed E-state index contributed by atoms with van der Waals surface area (Å²) in [7, 11) is 1.52. The van der Waals surface area contributed by atoms with Crippen LogP contribution in [0.4, 0.5) is 5.69 Å². The molecule has 0 radical (unpaired) electrons. The van der Waals surface area contributed by atoms with E-state index in [1.165, 1.54) is 29.6 Å². The first-order valence-electron chi connectivity index (χ1n) is 8.75. The smallest absolute Gasteiger partial charge is 0.352 e. The van der Waals surface area contributed by atoms with Crippen molar-refractivity contribution < 1.29 is 9.53 Å². The highest BCUT2D eigenvalue weighted by atomic mass is 32.2. The molecule has 4 aromatic rings. The molecular formula is C20H17N5O3S. The maximum Gasteiger partial charge on any atom is 0.352 e. The van der Waals surface area contributed by atoms with Gasteiger partial charge in [-0.2, -0.15) is 0 Å². The molecule has 0 atom stereocenters. The lowest BCUT2D eigenvalue weighted by Gasteiger charge is -2.09. The molecule has 1 amide bonds. The summed E-state index contributed by atoms with van der Waals surface area (Å²) in [4.78, 5) is 30.2. The van der Waals surface area contributed by atoms with Crippen LogP contribution in [0.15, 0.2) is 81.7 Å². The van der Waals surface area contributed by atoms with Gasteiger partial charge < -0.3 is 10.1 Å². The minimum Gasteiger partial charge on any atom is -0.495 e. The van der Waals surface area contributed by atoms with Gasteiger partial charge in [0.2, 0.25) is 5.91 Å². The highest BCUT2D eigenvalue weighted by molar-refractivity contribution is 7.99. The lowest BCUT2D eigenvalue weighted by Crippen LogP contribution is -2.28. The molecule has 0 saturated heterocycles. The lowest BCUT2D eigenvalue weighted by molar-refractivity contribution is -0.117.